The zero-order chi connectivity index (χ0) is 12.3. The van der Waals surface area contributed by atoms with Gasteiger partial charge >= 0.3 is 0 Å². The van der Waals surface area contributed by atoms with Gasteiger partial charge in [0.05, 0.1) is 11.6 Å². The van der Waals surface area contributed by atoms with E-state index in [4.69, 9.17) is 0 Å². The number of hydrogen-bond donors (Lipinski definition) is 3. The molecule has 2 aromatic rings. The highest BCUT2D eigenvalue weighted by atomic mass is 15.2. The molecule has 0 aliphatic rings. The molecule has 0 saturated heterocycles. The summed E-state index contributed by atoms with van der Waals surface area (Å²) in [6.07, 6.45) is 3.88. The number of nitrogens with one attached hydrogen (secondary N) is 3. The third-order valence-electron chi connectivity index (χ3n) is 2.86. The lowest BCUT2D eigenvalue weighted by atomic mass is 10.2. The van der Waals surface area contributed by atoms with Gasteiger partial charge in [-0.2, -0.15) is 15.1 Å². The van der Waals surface area contributed by atoms with Crippen LogP contribution in [0.3, 0.4) is 0 Å². The number of aromatic amines is 1. The Labute approximate surface area is 100 Å². The third-order valence-corrected chi connectivity index (χ3v) is 2.86. The minimum absolute atomic E-state index is 0.424. The molecule has 3 N–H and O–H groups in total. The van der Waals surface area contributed by atoms with Gasteiger partial charge in [0.25, 0.3) is 0 Å². The Bertz CT molecular complexity index is 488. The van der Waals surface area contributed by atoms with E-state index in [0.29, 0.717) is 12.0 Å². The van der Waals surface area contributed by atoms with Crippen molar-refractivity contribution < 1.29 is 0 Å². The summed E-state index contributed by atoms with van der Waals surface area (Å²) in [5, 5.41) is 14.2. The Hall–Kier alpha value is -1.85. The largest absolute Gasteiger partial charge is 0.367 e. The summed E-state index contributed by atoms with van der Waals surface area (Å²) < 4.78 is 0. The number of H-pyrrole nitrogens is 1. The Balaban J connectivity index is 2.39. The maximum atomic E-state index is 4.43. The molecule has 0 radical (unpaired) electrons. The molecular formula is C11H18N6. The van der Waals surface area contributed by atoms with Crippen molar-refractivity contribution in [1.82, 2.24) is 20.2 Å². The molecule has 0 fully saturated rings. The fraction of sp³-hybridized carbons (Fsp3) is 0.545. The fourth-order valence-corrected chi connectivity index (χ4v) is 1.74. The molecule has 17 heavy (non-hydrogen) atoms. The number of anilines is 2. The normalized spacial score (nSPS) is 11.1. The van der Waals surface area contributed by atoms with Crippen molar-refractivity contribution in [3.05, 3.63) is 6.20 Å². The highest BCUT2D eigenvalue weighted by molar-refractivity contribution is 5.87. The van der Waals surface area contributed by atoms with Crippen LogP contribution in [0, 0.1) is 0 Å². The Morgan fingerprint density at radius 1 is 1.29 bits per heavy atom. The fourth-order valence-electron chi connectivity index (χ4n) is 1.74. The summed E-state index contributed by atoms with van der Waals surface area (Å²) in [4.78, 5) is 8.73. The zero-order valence-corrected chi connectivity index (χ0v) is 10.4. The van der Waals surface area contributed by atoms with Crippen molar-refractivity contribution in [2.45, 2.75) is 32.7 Å². The number of hydrogen-bond acceptors (Lipinski definition) is 5. The molecule has 0 saturated carbocycles. The van der Waals surface area contributed by atoms with E-state index in [9.17, 15) is 0 Å². The quantitative estimate of drug-likeness (QED) is 0.737. The highest BCUT2D eigenvalue weighted by Gasteiger charge is 2.11. The van der Waals surface area contributed by atoms with Crippen LogP contribution in [0.4, 0.5) is 11.8 Å². The minimum atomic E-state index is 0.424. The summed E-state index contributed by atoms with van der Waals surface area (Å²) in [5.74, 6) is 1.43. The molecule has 0 unspecified atom stereocenters. The standard InChI is InChI=1S/C11H18N6/c1-4-7(5-2)14-9-8-6-13-17-10(8)16-11(12-3)15-9/h6-7H,4-5H2,1-3H3,(H3,12,13,14,15,16,17). The maximum absolute atomic E-state index is 4.43. The predicted molar refractivity (Wildman–Crippen MR) is 69.2 cm³/mol. The second kappa shape index (κ2) is 4.99. The van der Waals surface area contributed by atoms with E-state index in [1.807, 2.05) is 0 Å². The third kappa shape index (κ3) is 2.30. The summed E-state index contributed by atoms with van der Waals surface area (Å²) in [5.41, 5.74) is 0.748. The van der Waals surface area contributed by atoms with Crippen molar-refractivity contribution in [3.63, 3.8) is 0 Å². The first-order valence-corrected chi connectivity index (χ1v) is 5.93. The lowest BCUT2D eigenvalue weighted by Gasteiger charge is -2.16. The van der Waals surface area contributed by atoms with E-state index in [1.165, 1.54) is 0 Å². The highest BCUT2D eigenvalue weighted by Crippen LogP contribution is 2.21. The van der Waals surface area contributed by atoms with E-state index >= 15 is 0 Å². The first kappa shape index (κ1) is 11.6. The molecule has 92 valence electrons. The molecule has 0 amide bonds. The van der Waals surface area contributed by atoms with Crippen molar-refractivity contribution in [3.8, 4) is 0 Å². The van der Waals surface area contributed by atoms with Crippen molar-refractivity contribution >= 4 is 22.8 Å². The van der Waals surface area contributed by atoms with Crippen LogP contribution >= 0.6 is 0 Å². The molecule has 6 nitrogen and oxygen atoms in total. The van der Waals surface area contributed by atoms with Crippen LogP contribution in [-0.4, -0.2) is 33.3 Å². The first-order valence-electron chi connectivity index (χ1n) is 5.93. The molecule has 0 bridgehead atoms. The smallest absolute Gasteiger partial charge is 0.226 e. The van der Waals surface area contributed by atoms with Crippen LogP contribution in [-0.2, 0) is 0 Å². The van der Waals surface area contributed by atoms with E-state index in [-0.39, 0.29) is 0 Å². The molecule has 2 heterocycles. The monoisotopic (exact) mass is 234 g/mol. The van der Waals surface area contributed by atoms with Gasteiger partial charge in [-0.3, -0.25) is 5.10 Å². The molecule has 6 heteroatoms. The van der Waals surface area contributed by atoms with E-state index < -0.39 is 0 Å². The minimum Gasteiger partial charge on any atom is -0.367 e. The molecule has 0 aromatic carbocycles. The topological polar surface area (TPSA) is 78.5 Å². The van der Waals surface area contributed by atoms with Gasteiger partial charge in [-0.05, 0) is 12.8 Å². The van der Waals surface area contributed by atoms with Gasteiger partial charge in [-0.25, -0.2) is 0 Å². The predicted octanol–water partition coefficient (Wildman–Crippen LogP) is 2.00. The Kier molecular flexibility index (Phi) is 3.41. The Morgan fingerprint density at radius 2 is 2.06 bits per heavy atom. The summed E-state index contributed by atoms with van der Waals surface area (Å²) >= 11 is 0. The van der Waals surface area contributed by atoms with Crippen LogP contribution in [0.5, 0.6) is 0 Å². The van der Waals surface area contributed by atoms with Gasteiger partial charge in [0.1, 0.15) is 5.82 Å². The SMILES string of the molecule is CCC(CC)Nc1nc(NC)nc2[nH]ncc12. The van der Waals surface area contributed by atoms with Gasteiger partial charge in [0, 0.05) is 13.1 Å². The lowest BCUT2D eigenvalue weighted by Crippen LogP contribution is -2.18. The zero-order valence-electron chi connectivity index (χ0n) is 10.4. The van der Waals surface area contributed by atoms with Crippen LogP contribution in [0.2, 0.25) is 0 Å². The van der Waals surface area contributed by atoms with Gasteiger partial charge in [0.15, 0.2) is 5.65 Å². The second-order valence-electron chi connectivity index (χ2n) is 3.94. The van der Waals surface area contributed by atoms with Crippen molar-refractivity contribution in [2.24, 2.45) is 0 Å². The van der Waals surface area contributed by atoms with Gasteiger partial charge in [0.2, 0.25) is 5.95 Å². The number of aromatic nitrogens is 4. The molecule has 2 rings (SSSR count). The van der Waals surface area contributed by atoms with Crippen LogP contribution in [0.25, 0.3) is 11.0 Å². The van der Waals surface area contributed by atoms with Crippen LogP contribution in [0.15, 0.2) is 6.20 Å². The molecule has 0 atom stereocenters. The number of fused-ring (bicyclic) bond motifs is 1. The average Bonchev–Trinajstić information content (AvgIpc) is 2.83. The maximum Gasteiger partial charge on any atom is 0.226 e. The van der Waals surface area contributed by atoms with E-state index in [1.54, 1.807) is 13.2 Å². The van der Waals surface area contributed by atoms with E-state index in [2.05, 4.69) is 44.6 Å². The first-order chi connectivity index (χ1) is 8.28. The van der Waals surface area contributed by atoms with Crippen LogP contribution < -0.4 is 10.6 Å². The van der Waals surface area contributed by atoms with Gasteiger partial charge < -0.3 is 10.6 Å². The summed E-state index contributed by atoms with van der Waals surface area (Å²) in [6.45, 7) is 4.32. The molecule has 0 aliphatic heterocycles. The summed E-state index contributed by atoms with van der Waals surface area (Å²) in [7, 11) is 1.80. The molecular weight excluding hydrogens is 216 g/mol. The second-order valence-corrected chi connectivity index (χ2v) is 3.94. The van der Waals surface area contributed by atoms with Gasteiger partial charge in [-0.15, -0.1) is 0 Å². The van der Waals surface area contributed by atoms with Crippen molar-refractivity contribution in [2.75, 3.05) is 17.7 Å². The van der Waals surface area contributed by atoms with E-state index in [0.717, 1.165) is 29.7 Å². The average molecular weight is 234 g/mol. The molecule has 0 aliphatic carbocycles. The number of rotatable bonds is 5. The van der Waals surface area contributed by atoms with Crippen molar-refractivity contribution in [1.29, 1.82) is 0 Å². The summed E-state index contributed by atoms with van der Waals surface area (Å²) in [6, 6.07) is 0.424. The van der Waals surface area contributed by atoms with Gasteiger partial charge in [-0.1, -0.05) is 13.8 Å². The molecule has 0 spiro atoms. The lowest BCUT2D eigenvalue weighted by molar-refractivity contribution is 0.669. The molecule has 2 aromatic heterocycles. The number of nitrogens with zero attached hydrogens (tertiary/aromatic N) is 3. The Morgan fingerprint density at radius 3 is 2.71 bits per heavy atom. The van der Waals surface area contributed by atoms with Crippen LogP contribution in [0.1, 0.15) is 26.7 Å².